The summed E-state index contributed by atoms with van der Waals surface area (Å²) in [6, 6.07) is 20.1. The van der Waals surface area contributed by atoms with E-state index in [4.69, 9.17) is 27.9 Å². The Bertz CT molecular complexity index is 1440. The lowest BCUT2D eigenvalue weighted by Gasteiger charge is -2.32. The Hall–Kier alpha value is -3.27. The average Bonchev–Trinajstić information content (AvgIpc) is 2.95. The van der Waals surface area contributed by atoms with Gasteiger partial charge in [-0.05, 0) is 67.8 Å². The van der Waals surface area contributed by atoms with E-state index in [9.17, 15) is 18.0 Å². The molecule has 0 bridgehead atoms. The fourth-order valence-electron chi connectivity index (χ4n) is 3.95. The Balaban J connectivity index is 1.84. The van der Waals surface area contributed by atoms with Crippen molar-refractivity contribution in [3.05, 3.63) is 94.0 Å². The first-order chi connectivity index (χ1) is 19.4. The van der Waals surface area contributed by atoms with Gasteiger partial charge in [0.05, 0.1) is 22.0 Å². The van der Waals surface area contributed by atoms with Crippen molar-refractivity contribution in [1.29, 1.82) is 0 Å². The summed E-state index contributed by atoms with van der Waals surface area (Å²) in [5.41, 5.74) is 1.93. The predicted molar refractivity (Wildman–Crippen MR) is 164 cm³/mol. The SMILES string of the molecule is CC[C@H](C)NC(=O)[C@H](C)N(Cc1ccc(Cl)c(Cl)c1)C(=O)CN(c1ccc(OCc2ccccc2)cc1)S(C)(=O)=O. The zero-order valence-electron chi connectivity index (χ0n) is 23.5. The zero-order valence-corrected chi connectivity index (χ0v) is 25.8. The molecule has 0 aromatic heterocycles. The molecule has 220 valence electrons. The van der Waals surface area contributed by atoms with Crippen LogP contribution in [0.5, 0.6) is 5.75 Å². The van der Waals surface area contributed by atoms with Crippen molar-refractivity contribution in [2.75, 3.05) is 17.1 Å². The summed E-state index contributed by atoms with van der Waals surface area (Å²) in [4.78, 5) is 28.1. The van der Waals surface area contributed by atoms with Crippen molar-refractivity contribution in [2.24, 2.45) is 0 Å². The smallest absolute Gasteiger partial charge is 0.244 e. The van der Waals surface area contributed by atoms with E-state index >= 15 is 0 Å². The Morgan fingerprint density at radius 2 is 1.59 bits per heavy atom. The molecule has 1 N–H and O–H groups in total. The van der Waals surface area contributed by atoms with Crippen LogP contribution in [-0.4, -0.2) is 50.0 Å². The quantitative estimate of drug-likeness (QED) is 0.266. The summed E-state index contributed by atoms with van der Waals surface area (Å²) in [5, 5.41) is 3.55. The van der Waals surface area contributed by atoms with Crippen molar-refractivity contribution in [3.8, 4) is 5.75 Å². The highest BCUT2D eigenvalue weighted by molar-refractivity contribution is 7.92. The third-order valence-corrected chi connectivity index (χ3v) is 8.44. The Kier molecular flexibility index (Phi) is 11.5. The molecule has 0 aliphatic heterocycles. The summed E-state index contributed by atoms with van der Waals surface area (Å²) in [7, 11) is -3.86. The standard InChI is InChI=1S/C30H35Cl2N3O5S/c1-5-21(2)33-30(37)22(3)34(18-24-11-16-27(31)28(32)17-24)29(36)19-35(41(4,38)39)25-12-14-26(15-13-25)40-20-23-9-7-6-8-10-23/h6-17,21-22H,5,18-20H2,1-4H3,(H,33,37)/t21-,22-/m0/s1. The molecule has 0 radical (unpaired) electrons. The molecule has 41 heavy (non-hydrogen) atoms. The molecule has 0 fully saturated rings. The fraction of sp³-hybridized carbons (Fsp3) is 0.333. The summed E-state index contributed by atoms with van der Waals surface area (Å²) >= 11 is 12.2. The van der Waals surface area contributed by atoms with Crippen LogP contribution >= 0.6 is 23.2 Å². The molecule has 3 rings (SSSR count). The van der Waals surface area contributed by atoms with E-state index in [2.05, 4.69) is 5.32 Å². The van der Waals surface area contributed by atoms with Crippen LogP contribution in [0.1, 0.15) is 38.3 Å². The minimum Gasteiger partial charge on any atom is -0.489 e. The van der Waals surface area contributed by atoms with Crippen LogP contribution in [-0.2, 0) is 32.8 Å². The van der Waals surface area contributed by atoms with Crippen LogP contribution in [0, 0.1) is 0 Å². The van der Waals surface area contributed by atoms with Crippen LogP contribution in [0.2, 0.25) is 10.0 Å². The maximum absolute atomic E-state index is 13.7. The first-order valence-corrected chi connectivity index (χ1v) is 15.8. The van der Waals surface area contributed by atoms with Crippen molar-refractivity contribution in [3.63, 3.8) is 0 Å². The van der Waals surface area contributed by atoms with Gasteiger partial charge in [0.15, 0.2) is 0 Å². The van der Waals surface area contributed by atoms with E-state index in [0.717, 1.165) is 16.1 Å². The first kappa shape index (κ1) is 32.2. The number of amides is 2. The molecule has 3 aromatic rings. The highest BCUT2D eigenvalue weighted by atomic mass is 35.5. The monoisotopic (exact) mass is 619 g/mol. The molecule has 11 heteroatoms. The van der Waals surface area contributed by atoms with Gasteiger partial charge in [-0.2, -0.15) is 0 Å². The summed E-state index contributed by atoms with van der Waals surface area (Å²) in [6.07, 6.45) is 1.74. The van der Waals surface area contributed by atoms with E-state index in [1.807, 2.05) is 44.2 Å². The predicted octanol–water partition coefficient (Wildman–Crippen LogP) is 5.67. The minimum absolute atomic E-state index is 0.0225. The third kappa shape index (κ3) is 9.38. The van der Waals surface area contributed by atoms with Gasteiger partial charge in [0.1, 0.15) is 24.9 Å². The molecule has 0 aliphatic carbocycles. The molecule has 8 nitrogen and oxygen atoms in total. The molecule has 0 saturated carbocycles. The lowest BCUT2D eigenvalue weighted by Crippen LogP contribution is -2.52. The molecular formula is C30H35Cl2N3O5S. The van der Waals surface area contributed by atoms with Gasteiger partial charge < -0.3 is 15.0 Å². The molecule has 0 aliphatic rings. The van der Waals surface area contributed by atoms with Crippen LogP contribution in [0.25, 0.3) is 0 Å². The Labute approximate surface area is 252 Å². The molecule has 0 saturated heterocycles. The van der Waals surface area contributed by atoms with Gasteiger partial charge in [0.25, 0.3) is 0 Å². The zero-order chi connectivity index (χ0) is 30.2. The van der Waals surface area contributed by atoms with Crippen LogP contribution < -0.4 is 14.4 Å². The lowest BCUT2D eigenvalue weighted by atomic mass is 10.1. The van der Waals surface area contributed by atoms with Crippen molar-refractivity contribution in [2.45, 2.75) is 52.4 Å². The average molecular weight is 621 g/mol. The molecule has 0 heterocycles. The number of benzene rings is 3. The summed E-state index contributed by atoms with van der Waals surface area (Å²) in [5.74, 6) is -0.356. The second-order valence-electron chi connectivity index (χ2n) is 9.80. The number of hydrogen-bond acceptors (Lipinski definition) is 5. The number of nitrogens with one attached hydrogen (secondary N) is 1. The first-order valence-electron chi connectivity index (χ1n) is 13.2. The fourth-order valence-corrected chi connectivity index (χ4v) is 5.12. The number of hydrogen-bond donors (Lipinski definition) is 1. The van der Waals surface area contributed by atoms with E-state index < -0.39 is 28.5 Å². The Morgan fingerprint density at radius 3 is 2.17 bits per heavy atom. The van der Waals surface area contributed by atoms with Crippen molar-refractivity contribution in [1.82, 2.24) is 10.2 Å². The summed E-state index contributed by atoms with van der Waals surface area (Å²) < 4.78 is 32.5. The number of halogens is 2. The number of sulfonamides is 1. The highest BCUT2D eigenvalue weighted by Crippen LogP contribution is 2.25. The maximum Gasteiger partial charge on any atom is 0.244 e. The van der Waals surface area contributed by atoms with Crippen LogP contribution in [0.3, 0.4) is 0 Å². The van der Waals surface area contributed by atoms with Gasteiger partial charge in [-0.25, -0.2) is 8.42 Å². The minimum atomic E-state index is -3.86. The topological polar surface area (TPSA) is 96.0 Å². The Morgan fingerprint density at radius 1 is 0.927 bits per heavy atom. The number of carbonyl (C=O) groups is 2. The molecule has 2 atom stereocenters. The lowest BCUT2D eigenvalue weighted by molar-refractivity contribution is -0.139. The number of carbonyl (C=O) groups excluding carboxylic acids is 2. The van der Waals surface area contributed by atoms with Gasteiger partial charge in [-0.15, -0.1) is 0 Å². The number of ether oxygens (including phenoxy) is 1. The van der Waals surface area contributed by atoms with Gasteiger partial charge in [-0.1, -0.05) is 66.5 Å². The van der Waals surface area contributed by atoms with Crippen LogP contribution in [0.4, 0.5) is 5.69 Å². The van der Waals surface area contributed by atoms with Gasteiger partial charge >= 0.3 is 0 Å². The van der Waals surface area contributed by atoms with E-state index in [1.165, 1.54) is 4.90 Å². The van der Waals surface area contributed by atoms with Crippen molar-refractivity contribution >= 4 is 50.7 Å². The second kappa shape index (κ2) is 14.6. The summed E-state index contributed by atoms with van der Waals surface area (Å²) in [6.45, 7) is 5.29. The third-order valence-electron chi connectivity index (χ3n) is 6.56. The molecule has 3 aromatic carbocycles. The van der Waals surface area contributed by atoms with Gasteiger partial charge in [0.2, 0.25) is 21.8 Å². The maximum atomic E-state index is 13.7. The normalized spacial score (nSPS) is 12.7. The van der Waals surface area contributed by atoms with Crippen molar-refractivity contribution < 1.29 is 22.7 Å². The van der Waals surface area contributed by atoms with E-state index in [1.54, 1.807) is 49.4 Å². The van der Waals surface area contributed by atoms with Gasteiger partial charge in [-0.3, -0.25) is 13.9 Å². The van der Waals surface area contributed by atoms with E-state index in [-0.39, 0.29) is 18.5 Å². The molecule has 0 spiro atoms. The number of anilines is 1. The van der Waals surface area contributed by atoms with Crippen LogP contribution in [0.15, 0.2) is 72.8 Å². The molecule has 0 unspecified atom stereocenters. The molecule has 2 amide bonds. The second-order valence-corrected chi connectivity index (χ2v) is 12.5. The van der Waals surface area contributed by atoms with Gasteiger partial charge in [0, 0.05) is 12.6 Å². The highest BCUT2D eigenvalue weighted by Gasteiger charge is 2.30. The molecular weight excluding hydrogens is 585 g/mol. The number of nitrogens with zero attached hydrogens (tertiary/aromatic N) is 2. The largest absolute Gasteiger partial charge is 0.489 e. The van der Waals surface area contributed by atoms with E-state index in [0.29, 0.717) is 40.1 Å². The number of rotatable bonds is 13.